The molecule has 0 amide bonds. The van der Waals surface area contributed by atoms with Gasteiger partial charge in [0.2, 0.25) is 0 Å². The molecule has 0 aliphatic heterocycles. The van der Waals surface area contributed by atoms with Gasteiger partial charge in [-0.2, -0.15) is 0 Å². The summed E-state index contributed by atoms with van der Waals surface area (Å²) in [5.41, 5.74) is 3.37. The average molecular weight is 354 g/mol. The Morgan fingerprint density at radius 2 is 1.96 bits per heavy atom. The van der Waals surface area contributed by atoms with E-state index in [0.717, 1.165) is 22.6 Å². The zero-order valence-electron chi connectivity index (χ0n) is 12.9. The third-order valence-corrected chi connectivity index (χ3v) is 4.04. The molecule has 0 fully saturated rings. The molecular formula is C17H12ClN5O2. The lowest BCUT2D eigenvalue weighted by atomic mass is 10.1. The molecule has 25 heavy (non-hydrogen) atoms. The van der Waals surface area contributed by atoms with E-state index in [2.05, 4.69) is 10.1 Å². The van der Waals surface area contributed by atoms with Gasteiger partial charge in [0.1, 0.15) is 12.0 Å². The minimum atomic E-state index is -1.16. The summed E-state index contributed by atoms with van der Waals surface area (Å²) >= 11 is 5.98. The van der Waals surface area contributed by atoms with Crippen molar-refractivity contribution in [3.05, 3.63) is 71.5 Å². The first-order valence-electron chi connectivity index (χ1n) is 7.46. The van der Waals surface area contributed by atoms with Crippen molar-refractivity contribution in [2.45, 2.75) is 6.54 Å². The number of benzene rings is 1. The van der Waals surface area contributed by atoms with E-state index in [-0.39, 0.29) is 5.82 Å². The Morgan fingerprint density at radius 1 is 1.16 bits per heavy atom. The number of carboxylic acid groups (broad SMARTS) is 1. The summed E-state index contributed by atoms with van der Waals surface area (Å²) in [4.78, 5) is 19.5. The first-order valence-corrected chi connectivity index (χ1v) is 7.84. The number of pyridine rings is 1. The Labute approximate surface area is 147 Å². The molecule has 0 saturated carbocycles. The van der Waals surface area contributed by atoms with Crippen molar-refractivity contribution in [1.82, 2.24) is 24.1 Å². The number of carboxylic acids is 1. The van der Waals surface area contributed by atoms with E-state index >= 15 is 0 Å². The summed E-state index contributed by atoms with van der Waals surface area (Å²) in [6, 6.07) is 13.1. The minimum Gasteiger partial charge on any atom is -0.475 e. The second-order valence-electron chi connectivity index (χ2n) is 5.41. The van der Waals surface area contributed by atoms with Crippen molar-refractivity contribution in [1.29, 1.82) is 0 Å². The lowest BCUT2D eigenvalue weighted by molar-refractivity contribution is 0.0683. The van der Waals surface area contributed by atoms with Crippen LogP contribution in [0.5, 0.6) is 0 Å². The van der Waals surface area contributed by atoms with E-state index in [0.29, 0.717) is 11.6 Å². The predicted molar refractivity (Wildman–Crippen MR) is 91.7 cm³/mol. The Bertz CT molecular complexity index is 1070. The van der Waals surface area contributed by atoms with Crippen molar-refractivity contribution in [2.75, 3.05) is 0 Å². The number of rotatable bonds is 4. The summed E-state index contributed by atoms with van der Waals surface area (Å²) < 4.78 is 3.44. The molecule has 4 aromatic rings. The van der Waals surface area contributed by atoms with Gasteiger partial charge in [-0.15, -0.1) is 5.10 Å². The second-order valence-corrected chi connectivity index (χ2v) is 5.85. The molecule has 0 atom stereocenters. The normalized spacial score (nSPS) is 11.1. The monoisotopic (exact) mass is 353 g/mol. The molecule has 8 heteroatoms. The van der Waals surface area contributed by atoms with Crippen molar-refractivity contribution in [2.24, 2.45) is 0 Å². The quantitative estimate of drug-likeness (QED) is 0.609. The van der Waals surface area contributed by atoms with Crippen LogP contribution >= 0.6 is 11.6 Å². The molecule has 0 unspecified atom stereocenters. The van der Waals surface area contributed by atoms with Crippen LogP contribution in [0, 0.1) is 0 Å². The zero-order valence-corrected chi connectivity index (χ0v) is 13.6. The standard InChI is InChI=1S/C17H12ClN5O2/c18-12-6-4-11(5-7-12)15-13(23-8-2-1-3-14(23)20-15)9-22-10-19-16(21-22)17(24)25/h1-8,10H,9H2,(H,24,25). The third-order valence-electron chi connectivity index (χ3n) is 3.79. The molecule has 7 nitrogen and oxygen atoms in total. The van der Waals surface area contributed by atoms with Crippen molar-refractivity contribution in [3.63, 3.8) is 0 Å². The maximum Gasteiger partial charge on any atom is 0.375 e. The maximum absolute atomic E-state index is 11.0. The highest BCUT2D eigenvalue weighted by atomic mass is 35.5. The van der Waals surface area contributed by atoms with Crippen LogP contribution in [-0.2, 0) is 6.54 Å². The van der Waals surface area contributed by atoms with Gasteiger partial charge in [-0.25, -0.2) is 19.4 Å². The fraction of sp³-hybridized carbons (Fsp3) is 0.0588. The number of hydrogen-bond donors (Lipinski definition) is 1. The van der Waals surface area contributed by atoms with Crippen LogP contribution in [0.1, 0.15) is 16.3 Å². The van der Waals surface area contributed by atoms with Crippen LogP contribution in [0.2, 0.25) is 5.02 Å². The van der Waals surface area contributed by atoms with Crippen molar-refractivity contribution >= 4 is 23.2 Å². The molecule has 0 radical (unpaired) electrons. The number of imidazole rings is 1. The summed E-state index contributed by atoms with van der Waals surface area (Å²) in [7, 11) is 0. The fourth-order valence-corrected chi connectivity index (χ4v) is 2.78. The molecule has 124 valence electrons. The first-order chi connectivity index (χ1) is 12.1. The number of aromatic nitrogens is 5. The molecule has 0 aliphatic carbocycles. The number of halogens is 1. The summed E-state index contributed by atoms with van der Waals surface area (Å²) in [6.45, 7) is 0.337. The number of fused-ring (bicyclic) bond motifs is 1. The van der Waals surface area contributed by atoms with E-state index < -0.39 is 5.97 Å². The van der Waals surface area contributed by atoms with E-state index in [4.69, 9.17) is 21.7 Å². The third kappa shape index (κ3) is 2.85. The second kappa shape index (κ2) is 6.03. The van der Waals surface area contributed by atoms with Gasteiger partial charge in [0.05, 0.1) is 17.9 Å². The van der Waals surface area contributed by atoms with Crippen molar-refractivity contribution < 1.29 is 9.90 Å². The number of nitrogens with zero attached hydrogens (tertiary/aromatic N) is 5. The van der Waals surface area contributed by atoms with E-state index in [1.54, 1.807) is 0 Å². The molecule has 4 rings (SSSR count). The van der Waals surface area contributed by atoms with Gasteiger partial charge in [0.25, 0.3) is 5.82 Å². The van der Waals surface area contributed by atoms with Gasteiger partial charge in [0.15, 0.2) is 0 Å². The predicted octanol–water partition coefficient (Wildman–Crippen LogP) is 2.99. The Hall–Kier alpha value is -3.19. The minimum absolute atomic E-state index is 0.234. The van der Waals surface area contributed by atoms with Crippen LogP contribution in [0.4, 0.5) is 0 Å². The summed E-state index contributed by atoms with van der Waals surface area (Å²) in [5, 5.41) is 13.6. The van der Waals surface area contributed by atoms with Crippen LogP contribution in [0.25, 0.3) is 16.9 Å². The topological polar surface area (TPSA) is 85.3 Å². The molecule has 0 spiro atoms. The largest absolute Gasteiger partial charge is 0.475 e. The fourth-order valence-electron chi connectivity index (χ4n) is 2.66. The lowest BCUT2D eigenvalue weighted by Gasteiger charge is -2.05. The molecule has 1 aromatic carbocycles. The maximum atomic E-state index is 11.0. The zero-order chi connectivity index (χ0) is 17.4. The number of aromatic carboxylic acids is 1. The Kier molecular flexibility index (Phi) is 3.70. The SMILES string of the molecule is O=C(O)c1ncn(Cc2c(-c3ccc(Cl)cc3)nc3ccccn23)n1. The van der Waals surface area contributed by atoms with Gasteiger partial charge >= 0.3 is 5.97 Å². The molecule has 1 N–H and O–H groups in total. The van der Waals surface area contributed by atoms with Crippen LogP contribution in [-0.4, -0.2) is 35.2 Å². The molecule has 0 bridgehead atoms. The van der Waals surface area contributed by atoms with E-state index in [1.165, 1.54) is 11.0 Å². The molecular weight excluding hydrogens is 342 g/mol. The summed E-state index contributed by atoms with van der Waals surface area (Å²) in [6.07, 6.45) is 3.31. The Balaban J connectivity index is 1.83. The average Bonchev–Trinajstić information content (AvgIpc) is 3.22. The molecule has 0 saturated heterocycles. The van der Waals surface area contributed by atoms with E-state index in [9.17, 15) is 4.79 Å². The first kappa shape index (κ1) is 15.3. The van der Waals surface area contributed by atoms with Crippen LogP contribution in [0.3, 0.4) is 0 Å². The Morgan fingerprint density at radius 3 is 2.68 bits per heavy atom. The van der Waals surface area contributed by atoms with Gasteiger partial charge in [-0.05, 0) is 24.3 Å². The smallest absolute Gasteiger partial charge is 0.375 e. The van der Waals surface area contributed by atoms with Gasteiger partial charge in [0, 0.05) is 16.8 Å². The van der Waals surface area contributed by atoms with Crippen molar-refractivity contribution in [3.8, 4) is 11.3 Å². The molecule has 3 heterocycles. The summed E-state index contributed by atoms with van der Waals surface area (Å²) in [5.74, 6) is -1.39. The highest BCUT2D eigenvalue weighted by molar-refractivity contribution is 6.30. The highest BCUT2D eigenvalue weighted by Crippen LogP contribution is 2.26. The number of hydrogen-bond acceptors (Lipinski definition) is 4. The van der Waals surface area contributed by atoms with Gasteiger partial charge in [-0.3, -0.25) is 0 Å². The lowest BCUT2D eigenvalue weighted by Crippen LogP contribution is -2.07. The molecule has 3 aromatic heterocycles. The van der Waals surface area contributed by atoms with Crippen LogP contribution in [0.15, 0.2) is 55.0 Å². The van der Waals surface area contributed by atoms with Crippen LogP contribution < -0.4 is 0 Å². The highest BCUT2D eigenvalue weighted by Gasteiger charge is 2.16. The van der Waals surface area contributed by atoms with Gasteiger partial charge in [-0.1, -0.05) is 29.8 Å². The molecule has 0 aliphatic rings. The van der Waals surface area contributed by atoms with E-state index in [1.807, 2.05) is 53.1 Å². The van der Waals surface area contributed by atoms with Gasteiger partial charge < -0.3 is 9.51 Å². The number of carbonyl (C=O) groups is 1.